The number of anilines is 2. The van der Waals surface area contributed by atoms with Crippen molar-refractivity contribution in [2.24, 2.45) is 0 Å². The normalized spacial score (nSPS) is 9.57. The van der Waals surface area contributed by atoms with E-state index < -0.39 is 5.97 Å². The number of nitriles is 1. The Bertz CT molecular complexity index is 708. The molecule has 0 atom stereocenters. The number of carbonyl (C=O) groups is 1. The van der Waals surface area contributed by atoms with Crippen LogP contribution in [0.5, 0.6) is 5.75 Å². The molecule has 0 spiro atoms. The second-order valence-corrected chi connectivity index (χ2v) is 4.07. The minimum atomic E-state index is -0.438. The van der Waals surface area contributed by atoms with Crippen LogP contribution in [0.25, 0.3) is 0 Å². The molecule has 0 bridgehead atoms. The molecule has 0 saturated heterocycles. The third kappa shape index (κ3) is 3.28. The number of esters is 1. The maximum atomic E-state index is 11.5. The third-order valence-electron chi connectivity index (χ3n) is 2.77. The van der Waals surface area contributed by atoms with E-state index in [1.54, 1.807) is 30.3 Å². The fraction of sp³-hybridized carbons (Fsp3) is 0.133. The zero-order chi connectivity index (χ0) is 15.2. The first-order valence-corrected chi connectivity index (χ1v) is 6.07. The lowest BCUT2D eigenvalue weighted by Gasteiger charge is -2.11. The SMILES string of the molecule is COC(=O)c1ccnc(Nc2ccc(C#N)cc2OC)c1. The van der Waals surface area contributed by atoms with Crippen molar-refractivity contribution in [1.82, 2.24) is 4.98 Å². The predicted octanol–water partition coefficient (Wildman–Crippen LogP) is 2.49. The van der Waals surface area contributed by atoms with Crippen LogP contribution in [0.4, 0.5) is 11.5 Å². The van der Waals surface area contributed by atoms with Crippen LogP contribution < -0.4 is 10.1 Å². The summed E-state index contributed by atoms with van der Waals surface area (Å²) in [5.74, 6) is 0.549. The zero-order valence-corrected chi connectivity index (χ0v) is 11.6. The van der Waals surface area contributed by atoms with E-state index in [0.29, 0.717) is 28.4 Å². The number of pyridine rings is 1. The second kappa shape index (κ2) is 6.39. The standard InChI is InChI=1S/C15H13N3O3/c1-20-13-7-10(9-16)3-4-12(13)18-14-8-11(5-6-17-14)15(19)21-2/h3-8H,1-2H3,(H,17,18). The van der Waals surface area contributed by atoms with Crippen LogP contribution in [0, 0.1) is 11.3 Å². The van der Waals surface area contributed by atoms with Gasteiger partial charge in [0.1, 0.15) is 11.6 Å². The van der Waals surface area contributed by atoms with Crippen molar-refractivity contribution in [3.05, 3.63) is 47.7 Å². The Hall–Kier alpha value is -3.07. The minimum Gasteiger partial charge on any atom is -0.495 e. The number of nitrogens with one attached hydrogen (secondary N) is 1. The van der Waals surface area contributed by atoms with Gasteiger partial charge >= 0.3 is 5.97 Å². The highest BCUT2D eigenvalue weighted by atomic mass is 16.5. The van der Waals surface area contributed by atoms with Gasteiger partial charge in [0, 0.05) is 12.3 Å². The number of hydrogen-bond acceptors (Lipinski definition) is 6. The molecule has 2 rings (SSSR count). The number of rotatable bonds is 4. The van der Waals surface area contributed by atoms with Gasteiger partial charge in [-0.1, -0.05) is 0 Å². The highest BCUT2D eigenvalue weighted by molar-refractivity contribution is 5.90. The van der Waals surface area contributed by atoms with Crippen LogP contribution in [-0.2, 0) is 4.74 Å². The molecule has 0 amide bonds. The van der Waals surface area contributed by atoms with E-state index in [-0.39, 0.29) is 0 Å². The summed E-state index contributed by atoms with van der Waals surface area (Å²) in [6.07, 6.45) is 1.50. The van der Waals surface area contributed by atoms with Crippen molar-refractivity contribution in [2.75, 3.05) is 19.5 Å². The van der Waals surface area contributed by atoms with Crippen molar-refractivity contribution in [2.45, 2.75) is 0 Å². The van der Waals surface area contributed by atoms with Gasteiger partial charge in [-0.2, -0.15) is 5.26 Å². The number of hydrogen-bond donors (Lipinski definition) is 1. The summed E-state index contributed by atoms with van der Waals surface area (Å²) in [5, 5.41) is 11.9. The molecule has 6 heteroatoms. The van der Waals surface area contributed by atoms with Gasteiger partial charge < -0.3 is 14.8 Å². The number of methoxy groups -OCH3 is 2. The van der Waals surface area contributed by atoms with E-state index in [4.69, 9.17) is 10.00 Å². The summed E-state index contributed by atoms with van der Waals surface area (Å²) in [6, 6.07) is 10.2. The average Bonchev–Trinajstić information content (AvgIpc) is 2.54. The lowest BCUT2D eigenvalue weighted by atomic mass is 10.2. The van der Waals surface area contributed by atoms with Gasteiger partial charge in [-0.15, -0.1) is 0 Å². The Morgan fingerprint density at radius 3 is 2.76 bits per heavy atom. The molecule has 106 valence electrons. The van der Waals surface area contributed by atoms with E-state index in [1.807, 2.05) is 6.07 Å². The molecular formula is C15H13N3O3. The molecule has 0 radical (unpaired) electrons. The number of nitrogens with zero attached hydrogens (tertiary/aromatic N) is 2. The summed E-state index contributed by atoms with van der Waals surface area (Å²) in [6.45, 7) is 0. The summed E-state index contributed by atoms with van der Waals surface area (Å²) in [4.78, 5) is 15.6. The molecule has 0 unspecified atom stereocenters. The Balaban J connectivity index is 2.30. The van der Waals surface area contributed by atoms with E-state index >= 15 is 0 Å². The van der Waals surface area contributed by atoms with Crippen LogP contribution in [0.3, 0.4) is 0 Å². The van der Waals surface area contributed by atoms with E-state index in [0.717, 1.165) is 0 Å². The summed E-state index contributed by atoms with van der Waals surface area (Å²) < 4.78 is 9.89. The maximum absolute atomic E-state index is 11.5. The van der Waals surface area contributed by atoms with Gasteiger partial charge in [-0.05, 0) is 24.3 Å². The summed E-state index contributed by atoms with van der Waals surface area (Å²) in [7, 11) is 2.83. The second-order valence-electron chi connectivity index (χ2n) is 4.07. The van der Waals surface area contributed by atoms with Crippen molar-refractivity contribution < 1.29 is 14.3 Å². The van der Waals surface area contributed by atoms with E-state index in [9.17, 15) is 4.79 Å². The van der Waals surface area contributed by atoms with Crippen molar-refractivity contribution in [3.63, 3.8) is 0 Å². The highest BCUT2D eigenvalue weighted by Crippen LogP contribution is 2.28. The van der Waals surface area contributed by atoms with Gasteiger partial charge in [0.15, 0.2) is 0 Å². The smallest absolute Gasteiger partial charge is 0.338 e. The van der Waals surface area contributed by atoms with Crippen LogP contribution in [0.1, 0.15) is 15.9 Å². The Labute approximate surface area is 121 Å². The molecule has 1 heterocycles. The Morgan fingerprint density at radius 1 is 1.29 bits per heavy atom. The highest BCUT2D eigenvalue weighted by Gasteiger charge is 2.09. The Kier molecular flexibility index (Phi) is 4.36. The zero-order valence-electron chi connectivity index (χ0n) is 11.6. The minimum absolute atomic E-state index is 0.391. The van der Waals surface area contributed by atoms with Gasteiger partial charge in [0.2, 0.25) is 0 Å². The fourth-order valence-corrected chi connectivity index (χ4v) is 1.75. The van der Waals surface area contributed by atoms with Gasteiger partial charge in [0.05, 0.1) is 37.1 Å². The van der Waals surface area contributed by atoms with E-state index in [1.165, 1.54) is 20.4 Å². The van der Waals surface area contributed by atoms with Gasteiger partial charge in [0.25, 0.3) is 0 Å². The first-order valence-electron chi connectivity index (χ1n) is 6.07. The fourth-order valence-electron chi connectivity index (χ4n) is 1.75. The van der Waals surface area contributed by atoms with E-state index in [2.05, 4.69) is 15.0 Å². The first-order chi connectivity index (χ1) is 10.2. The monoisotopic (exact) mass is 283 g/mol. The van der Waals surface area contributed by atoms with Crippen molar-refractivity contribution in [1.29, 1.82) is 5.26 Å². The summed E-state index contributed by atoms with van der Waals surface area (Å²) >= 11 is 0. The van der Waals surface area contributed by atoms with Crippen LogP contribution in [0.2, 0.25) is 0 Å². The topological polar surface area (TPSA) is 84.2 Å². The molecule has 2 aromatic rings. The van der Waals surface area contributed by atoms with Crippen LogP contribution >= 0.6 is 0 Å². The Morgan fingerprint density at radius 2 is 2.10 bits per heavy atom. The lowest BCUT2D eigenvalue weighted by Crippen LogP contribution is -2.03. The van der Waals surface area contributed by atoms with Gasteiger partial charge in [-0.3, -0.25) is 0 Å². The number of benzene rings is 1. The molecule has 0 aliphatic heterocycles. The third-order valence-corrected chi connectivity index (χ3v) is 2.77. The molecule has 6 nitrogen and oxygen atoms in total. The van der Waals surface area contributed by atoms with Crippen molar-refractivity contribution in [3.8, 4) is 11.8 Å². The molecule has 0 aliphatic carbocycles. The molecule has 1 aromatic carbocycles. The lowest BCUT2D eigenvalue weighted by molar-refractivity contribution is 0.0600. The molecule has 21 heavy (non-hydrogen) atoms. The number of aromatic nitrogens is 1. The largest absolute Gasteiger partial charge is 0.495 e. The van der Waals surface area contributed by atoms with Crippen molar-refractivity contribution >= 4 is 17.5 Å². The molecule has 0 fully saturated rings. The number of ether oxygens (including phenoxy) is 2. The molecule has 1 aromatic heterocycles. The average molecular weight is 283 g/mol. The number of carbonyl (C=O) groups excluding carboxylic acids is 1. The predicted molar refractivity (Wildman–Crippen MR) is 76.6 cm³/mol. The quantitative estimate of drug-likeness (QED) is 0.868. The molecular weight excluding hydrogens is 270 g/mol. The van der Waals surface area contributed by atoms with Crippen LogP contribution in [-0.4, -0.2) is 25.2 Å². The first kappa shape index (κ1) is 14.3. The molecule has 0 saturated carbocycles. The van der Waals surface area contributed by atoms with Crippen LogP contribution in [0.15, 0.2) is 36.5 Å². The molecule has 0 aliphatic rings. The molecule has 1 N–H and O–H groups in total. The van der Waals surface area contributed by atoms with Gasteiger partial charge in [-0.25, -0.2) is 9.78 Å². The maximum Gasteiger partial charge on any atom is 0.338 e. The summed E-state index contributed by atoms with van der Waals surface area (Å²) in [5.41, 5.74) is 1.53.